The highest BCUT2D eigenvalue weighted by atomic mass is 79.9. The molecule has 1 aromatic carbocycles. The average molecular weight is 475 g/mol. The number of fused-ring (bicyclic) bond motifs is 1. The molecule has 1 unspecified atom stereocenters. The molecular formula is C24H27BrO5. The number of carbonyl (C=O) groups is 2. The van der Waals surface area contributed by atoms with Gasteiger partial charge in [0.25, 0.3) is 0 Å². The second kappa shape index (κ2) is 10.3. The van der Waals surface area contributed by atoms with Gasteiger partial charge in [0.2, 0.25) is 0 Å². The number of esters is 2. The van der Waals surface area contributed by atoms with Crippen LogP contribution in [-0.2, 0) is 14.3 Å². The normalized spacial score (nSPS) is 27.5. The van der Waals surface area contributed by atoms with Gasteiger partial charge in [-0.1, -0.05) is 54.1 Å². The van der Waals surface area contributed by atoms with E-state index in [9.17, 15) is 14.7 Å². The standard InChI is InChI=1S/C24H27BrO5/c1-3-4-6-9-15(2)23(27)19(25)12-17-18-13-22(26)29-20(18)14-21(17)30-24(28)16-10-7-5-8-11-16/h5,7-8,10-12,15,17-18,20-21,23,27H,3,9,13-14H2,1-2H3/t15-,17-,18-,20-,21+,23?/m0/s1. The second-order valence-electron chi connectivity index (χ2n) is 7.90. The third-order valence-corrected chi connectivity index (χ3v) is 6.45. The number of aliphatic hydroxyl groups is 1. The number of ether oxygens (including phenoxy) is 2. The maximum Gasteiger partial charge on any atom is 0.338 e. The quantitative estimate of drug-likeness (QED) is 0.492. The van der Waals surface area contributed by atoms with Gasteiger partial charge in [0.1, 0.15) is 12.2 Å². The molecule has 5 nitrogen and oxygen atoms in total. The summed E-state index contributed by atoms with van der Waals surface area (Å²) < 4.78 is 11.9. The molecule has 160 valence electrons. The van der Waals surface area contributed by atoms with E-state index in [1.165, 1.54) is 0 Å². The van der Waals surface area contributed by atoms with Crippen LogP contribution in [0, 0.1) is 29.6 Å². The number of hydrogen-bond acceptors (Lipinski definition) is 5. The lowest BCUT2D eigenvalue weighted by Gasteiger charge is -2.23. The molecule has 30 heavy (non-hydrogen) atoms. The van der Waals surface area contributed by atoms with E-state index in [1.54, 1.807) is 24.3 Å². The first-order valence-corrected chi connectivity index (χ1v) is 11.2. The lowest BCUT2D eigenvalue weighted by atomic mass is 9.90. The first kappa shape index (κ1) is 22.6. The van der Waals surface area contributed by atoms with E-state index in [0.29, 0.717) is 29.3 Å². The third-order valence-electron chi connectivity index (χ3n) is 5.72. The van der Waals surface area contributed by atoms with Crippen LogP contribution in [0.5, 0.6) is 0 Å². The number of carbonyl (C=O) groups excluding carboxylic acids is 2. The van der Waals surface area contributed by atoms with Gasteiger partial charge in [0, 0.05) is 35.6 Å². The van der Waals surface area contributed by atoms with Gasteiger partial charge in [-0.25, -0.2) is 4.79 Å². The fraction of sp³-hybridized carbons (Fsp3) is 0.500. The van der Waals surface area contributed by atoms with Gasteiger partial charge in [-0.2, -0.15) is 0 Å². The summed E-state index contributed by atoms with van der Waals surface area (Å²) in [5.74, 6) is 5.12. The monoisotopic (exact) mass is 474 g/mol. The Bertz CT molecular complexity index is 853. The summed E-state index contributed by atoms with van der Waals surface area (Å²) in [7, 11) is 0. The molecule has 3 rings (SSSR count). The Kier molecular flexibility index (Phi) is 7.74. The zero-order chi connectivity index (χ0) is 21.7. The van der Waals surface area contributed by atoms with Gasteiger partial charge in [0.15, 0.2) is 0 Å². The highest BCUT2D eigenvalue weighted by Crippen LogP contribution is 2.44. The maximum absolute atomic E-state index is 12.6. The molecule has 0 spiro atoms. The Morgan fingerprint density at radius 3 is 2.80 bits per heavy atom. The molecule has 0 amide bonds. The summed E-state index contributed by atoms with van der Waals surface area (Å²) in [5.41, 5.74) is 0.483. The fourth-order valence-electron chi connectivity index (χ4n) is 4.06. The Hall–Kier alpha value is -2.10. The third kappa shape index (κ3) is 5.33. The van der Waals surface area contributed by atoms with Crippen molar-refractivity contribution in [2.75, 3.05) is 0 Å². The Balaban J connectivity index is 1.76. The van der Waals surface area contributed by atoms with E-state index in [-0.39, 0.29) is 29.8 Å². The topological polar surface area (TPSA) is 72.8 Å². The van der Waals surface area contributed by atoms with Crippen molar-refractivity contribution in [1.82, 2.24) is 0 Å². The SMILES string of the molecule is CCC#CC[C@H](C)C(O)C(Br)=C[C@H]1[C@@H]2CC(=O)O[C@H]2C[C@H]1OC(=O)c1ccccc1. The molecule has 2 aliphatic rings. The van der Waals surface area contributed by atoms with Crippen LogP contribution in [0.2, 0.25) is 0 Å². The molecule has 0 radical (unpaired) electrons. The number of benzene rings is 1. The number of aliphatic hydroxyl groups excluding tert-OH is 1. The van der Waals surface area contributed by atoms with E-state index in [4.69, 9.17) is 9.47 Å². The minimum absolute atomic E-state index is 0.0568. The lowest BCUT2D eigenvalue weighted by molar-refractivity contribution is -0.141. The van der Waals surface area contributed by atoms with Crippen LogP contribution in [0.4, 0.5) is 0 Å². The zero-order valence-corrected chi connectivity index (χ0v) is 18.8. The number of hydrogen-bond donors (Lipinski definition) is 1. The van der Waals surface area contributed by atoms with Gasteiger partial charge in [0.05, 0.1) is 18.1 Å². The molecule has 1 aliphatic carbocycles. The molecule has 6 heteroatoms. The van der Waals surface area contributed by atoms with Gasteiger partial charge in [-0.05, 0) is 18.1 Å². The van der Waals surface area contributed by atoms with Crippen molar-refractivity contribution in [1.29, 1.82) is 0 Å². The predicted molar refractivity (Wildman–Crippen MR) is 117 cm³/mol. The Morgan fingerprint density at radius 1 is 1.37 bits per heavy atom. The molecule has 1 saturated heterocycles. The van der Waals surface area contributed by atoms with E-state index in [0.717, 1.165) is 6.42 Å². The van der Waals surface area contributed by atoms with Crippen molar-refractivity contribution >= 4 is 27.9 Å². The molecule has 1 aromatic rings. The van der Waals surface area contributed by atoms with Crippen molar-refractivity contribution in [3.63, 3.8) is 0 Å². The summed E-state index contributed by atoms with van der Waals surface area (Å²) in [6.07, 6.45) is 2.61. The molecule has 1 aliphatic heterocycles. The maximum atomic E-state index is 12.6. The summed E-state index contributed by atoms with van der Waals surface area (Å²) in [6, 6.07) is 8.83. The number of halogens is 1. The molecule has 1 N–H and O–H groups in total. The summed E-state index contributed by atoms with van der Waals surface area (Å²) >= 11 is 3.51. The molecule has 0 bridgehead atoms. The molecule has 6 atom stereocenters. The predicted octanol–water partition coefficient (Wildman–Crippen LogP) is 4.24. The van der Waals surface area contributed by atoms with Gasteiger partial charge < -0.3 is 14.6 Å². The largest absolute Gasteiger partial charge is 0.462 e. The minimum Gasteiger partial charge on any atom is -0.462 e. The zero-order valence-electron chi connectivity index (χ0n) is 17.2. The summed E-state index contributed by atoms with van der Waals surface area (Å²) in [4.78, 5) is 24.4. The highest BCUT2D eigenvalue weighted by molar-refractivity contribution is 9.11. The van der Waals surface area contributed by atoms with Gasteiger partial charge >= 0.3 is 11.9 Å². The Labute approximate surface area is 186 Å². The fourth-order valence-corrected chi connectivity index (χ4v) is 4.81. The highest BCUT2D eigenvalue weighted by Gasteiger charge is 2.51. The molecule has 1 saturated carbocycles. The van der Waals surface area contributed by atoms with Crippen molar-refractivity contribution < 1.29 is 24.2 Å². The van der Waals surface area contributed by atoms with Crippen LogP contribution in [-0.4, -0.2) is 35.4 Å². The van der Waals surface area contributed by atoms with Gasteiger partial charge in [-0.15, -0.1) is 11.8 Å². The average Bonchev–Trinajstić information content (AvgIpc) is 3.24. The smallest absolute Gasteiger partial charge is 0.338 e. The van der Waals surface area contributed by atoms with Crippen molar-refractivity contribution in [2.45, 2.75) is 57.8 Å². The summed E-state index contributed by atoms with van der Waals surface area (Å²) in [5, 5.41) is 10.7. The van der Waals surface area contributed by atoms with E-state index < -0.39 is 18.2 Å². The van der Waals surface area contributed by atoms with Crippen LogP contribution >= 0.6 is 15.9 Å². The molecule has 0 aromatic heterocycles. The van der Waals surface area contributed by atoms with E-state index in [2.05, 4.69) is 27.8 Å². The van der Waals surface area contributed by atoms with Crippen molar-refractivity contribution in [2.24, 2.45) is 17.8 Å². The summed E-state index contributed by atoms with van der Waals surface area (Å²) in [6.45, 7) is 3.93. The molecule has 1 heterocycles. The minimum atomic E-state index is -0.723. The van der Waals surface area contributed by atoms with E-state index in [1.807, 2.05) is 26.0 Å². The van der Waals surface area contributed by atoms with Gasteiger partial charge in [-0.3, -0.25) is 4.79 Å². The molecule has 2 fully saturated rings. The van der Waals surface area contributed by atoms with Crippen LogP contribution in [0.25, 0.3) is 0 Å². The second-order valence-corrected chi connectivity index (χ2v) is 8.82. The molecular weight excluding hydrogens is 448 g/mol. The van der Waals surface area contributed by atoms with Crippen molar-refractivity contribution in [3.05, 3.63) is 46.5 Å². The van der Waals surface area contributed by atoms with Crippen LogP contribution in [0.15, 0.2) is 40.9 Å². The first-order chi connectivity index (χ1) is 14.4. The van der Waals surface area contributed by atoms with E-state index >= 15 is 0 Å². The Morgan fingerprint density at radius 2 is 2.10 bits per heavy atom. The number of rotatable bonds is 6. The van der Waals surface area contributed by atoms with Crippen LogP contribution < -0.4 is 0 Å². The first-order valence-electron chi connectivity index (χ1n) is 10.4. The van der Waals surface area contributed by atoms with Crippen LogP contribution in [0.1, 0.15) is 49.9 Å². The van der Waals surface area contributed by atoms with Crippen molar-refractivity contribution in [3.8, 4) is 11.8 Å². The van der Waals surface area contributed by atoms with Crippen LogP contribution in [0.3, 0.4) is 0 Å². The lowest BCUT2D eigenvalue weighted by Crippen LogP contribution is -2.26.